The number of hydrazone groups is 1. The first-order valence-electron chi connectivity index (χ1n) is 10.0. The van der Waals surface area contributed by atoms with Gasteiger partial charge >= 0.3 is 5.91 Å². The number of benzene rings is 2. The van der Waals surface area contributed by atoms with Gasteiger partial charge in [-0.25, -0.2) is 5.43 Å². The molecule has 0 unspecified atom stereocenters. The number of carbonyl (C=O) groups is 1. The van der Waals surface area contributed by atoms with E-state index in [0.29, 0.717) is 36.7 Å². The van der Waals surface area contributed by atoms with Crippen molar-refractivity contribution in [3.8, 4) is 17.2 Å². The van der Waals surface area contributed by atoms with Crippen molar-refractivity contribution in [2.75, 3.05) is 20.3 Å². The first kappa shape index (κ1) is 22.0. The van der Waals surface area contributed by atoms with Crippen LogP contribution in [0, 0.1) is 0 Å². The fraction of sp³-hybridized carbons (Fsp3) is 0.250. The standard InChI is InChI=1S/C24H26N2O5/c1-5-8-17-11-16(12-21(28-4)23(17)30-7-3)15-25-26-24(27)22-14-18-13-19(29-6-2)9-10-20(18)31-22/h5,9-15H,1,6-8H2,2-4H3,(H,26,27)/b25-15+. The van der Waals surface area contributed by atoms with Gasteiger partial charge in [-0.15, -0.1) is 6.58 Å². The third-order valence-corrected chi connectivity index (χ3v) is 4.43. The van der Waals surface area contributed by atoms with Gasteiger partial charge in [0.15, 0.2) is 17.3 Å². The Morgan fingerprint density at radius 2 is 1.97 bits per heavy atom. The highest BCUT2D eigenvalue weighted by atomic mass is 16.5. The number of rotatable bonds is 10. The molecule has 1 amide bonds. The van der Waals surface area contributed by atoms with Crippen molar-refractivity contribution in [1.29, 1.82) is 0 Å². The maximum absolute atomic E-state index is 12.4. The zero-order chi connectivity index (χ0) is 22.2. The summed E-state index contributed by atoms with van der Waals surface area (Å²) < 4.78 is 22.2. The summed E-state index contributed by atoms with van der Waals surface area (Å²) in [4.78, 5) is 12.4. The summed E-state index contributed by atoms with van der Waals surface area (Å²) in [7, 11) is 1.58. The summed E-state index contributed by atoms with van der Waals surface area (Å²) in [5, 5.41) is 4.84. The van der Waals surface area contributed by atoms with E-state index in [2.05, 4.69) is 17.1 Å². The van der Waals surface area contributed by atoms with Crippen LogP contribution in [0.3, 0.4) is 0 Å². The Kier molecular flexibility index (Phi) is 7.32. The molecule has 31 heavy (non-hydrogen) atoms. The average Bonchev–Trinajstić information content (AvgIpc) is 3.19. The zero-order valence-electron chi connectivity index (χ0n) is 17.9. The number of allylic oxidation sites excluding steroid dienone is 1. The van der Waals surface area contributed by atoms with E-state index in [1.807, 2.05) is 26.0 Å². The second-order valence-electron chi connectivity index (χ2n) is 6.58. The van der Waals surface area contributed by atoms with E-state index in [-0.39, 0.29) is 5.76 Å². The molecule has 2 aromatic carbocycles. The lowest BCUT2D eigenvalue weighted by Gasteiger charge is -2.14. The van der Waals surface area contributed by atoms with Crippen LogP contribution in [0.15, 0.2) is 58.6 Å². The molecule has 1 N–H and O–H groups in total. The van der Waals surface area contributed by atoms with Gasteiger partial charge < -0.3 is 18.6 Å². The molecule has 7 nitrogen and oxygen atoms in total. The van der Waals surface area contributed by atoms with Crippen LogP contribution in [0.1, 0.15) is 35.5 Å². The highest BCUT2D eigenvalue weighted by molar-refractivity contribution is 5.96. The van der Waals surface area contributed by atoms with Crippen molar-refractivity contribution in [3.63, 3.8) is 0 Å². The number of furan rings is 1. The van der Waals surface area contributed by atoms with Crippen molar-refractivity contribution in [3.05, 3.63) is 65.9 Å². The lowest BCUT2D eigenvalue weighted by Crippen LogP contribution is -2.16. The Bertz CT molecular complexity index is 1100. The number of nitrogens with zero attached hydrogens (tertiary/aromatic N) is 1. The predicted molar refractivity (Wildman–Crippen MR) is 121 cm³/mol. The van der Waals surface area contributed by atoms with Crippen LogP contribution >= 0.6 is 0 Å². The molecule has 0 aliphatic carbocycles. The molecule has 0 bridgehead atoms. The fourth-order valence-corrected chi connectivity index (χ4v) is 3.14. The lowest BCUT2D eigenvalue weighted by atomic mass is 10.1. The highest BCUT2D eigenvalue weighted by Crippen LogP contribution is 2.33. The Labute approximate surface area is 181 Å². The van der Waals surface area contributed by atoms with Gasteiger partial charge in [-0.3, -0.25) is 4.79 Å². The van der Waals surface area contributed by atoms with E-state index < -0.39 is 5.91 Å². The molecule has 1 aromatic heterocycles. The summed E-state index contributed by atoms with van der Waals surface area (Å²) in [6.45, 7) is 8.70. The maximum Gasteiger partial charge on any atom is 0.307 e. The number of amides is 1. The first-order chi connectivity index (χ1) is 15.1. The van der Waals surface area contributed by atoms with Crippen LogP contribution in [0.4, 0.5) is 0 Å². The largest absolute Gasteiger partial charge is 0.494 e. The summed E-state index contributed by atoms with van der Waals surface area (Å²) in [6.07, 6.45) is 3.94. The summed E-state index contributed by atoms with van der Waals surface area (Å²) >= 11 is 0. The van der Waals surface area contributed by atoms with Gasteiger partial charge in [0, 0.05) is 10.9 Å². The summed E-state index contributed by atoms with van der Waals surface area (Å²) in [5.74, 6) is 1.71. The SMILES string of the molecule is C=CCc1cc(/C=N/NC(=O)c2cc3cc(OCC)ccc3o2)cc(OC)c1OCC. The molecule has 0 aliphatic heterocycles. The monoisotopic (exact) mass is 422 g/mol. The molecule has 0 spiro atoms. The number of hydrogen-bond acceptors (Lipinski definition) is 6. The van der Waals surface area contributed by atoms with Crippen LogP contribution in [-0.2, 0) is 6.42 Å². The van der Waals surface area contributed by atoms with Gasteiger partial charge in [0.1, 0.15) is 11.3 Å². The molecule has 0 fully saturated rings. The summed E-state index contributed by atoms with van der Waals surface area (Å²) in [6, 6.07) is 10.8. The van der Waals surface area contributed by atoms with E-state index in [1.165, 1.54) is 0 Å². The van der Waals surface area contributed by atoms with Gasteiger partial charge in [-0.1, -0.05) is 6.08 Å². The van der Waals surface area contributed by atoms with Crippen molar-refractivity contribution >= 4 is 23.1 Å². The van der Waals surface area contributed by atoms with Crippen molar-refractivity contribution in [1.82, 2.24) is 5.43 Å². The normalized spacial score (nSPS) is 10.9. The summed E-state index contributed by atoms with van der Waals surface area (Å²) in [5.41, 5.74) is 4.77. The molecule has 1 heterocycles. The molecule has 0 saturated heterocycles. The van der Waals surface area contributed by atoms with E-state index in [0.717, 1.165) is 22.3 Å². The third-order valence-electron chi connectivity index (χ3n) is 4.43. The molecule has 3 rings (SSSR count). The minimum Gasteiger partial charge on any atom is -0.494 e. The second kappa shape index (κ2) is 10.3. The number of ether oxygens (including phenoxy) is 3. The van der Waals surface area contributed by atoms with Gasteiger partial charge in [0.2, 0.25) is 0 Å². The zero-order valence-corrected chi connectivity index (χ0v) is 17.9. The van der Waals surface area contributed by atoms with Crippen LogP contribution in [0.5, 0.6) is 17.2 Å². The number of hydrogen-bond donors (Lipinski definition) is 1. The number of carbonyl (C=O) groups excluding carboxylic acids is 1. The van der Waals surface area contributed by atoms with Gasteiger partial charge in [-0.05, 0) is 62.2 Å². The van der Waals surface area contributed by atoms with Gasteiger partial charge in [0.05, 0.1) is 26.5 Å². The predicted octanol–water partition coefficient (Wildman–Crippen LogP) is 4.73. The van der Waals surface area contributed by atoms with Crippen molar-refractivity contribution < 1.29 is 23.4 Å². The Hall–Kier alpha value is -3.74. The van der Waals surface area contributed by atoms with Crippen molar-refractivity contribution in [2.45, 2.75) is 20.3 Å². The maximum atomic E-state index is 12.4. The Morgan fingerprint density at radius 3 is 2.68 bits per heavy atom. The molecule has 0 radical (unpaired) electrons. The molecule has 0 saturated carbocycles. The topological polar surface area (TPSA) is 82.3 Å². The van der Waals surface area contributed by atoms with E-state index >= 15 is 0 Å². The van der Waals surface area contributed by atoms with Crippen LogP contribution < -0.4 is 19.6 Å². The van der Waals surface area contributed by atoms with Crippen LogP contribution in [-0.4, -0.2) is 32.4 Å². The molecule has 3 aromatic rings. The minimum atomic E-state index is -0.449. The highest BCUT2D eigenvalue weighted by Gasteiger charge is 2.14. The molecule has 162 valence electrons. The van der Waals surface area contributed by atoms with E-state index in [1.54, 1.807) is 43.7 Å². The minimum absolute atomic E-state index is 0.164. The number of fused-ring (bicyclic) bond motifs is 1. The Balaban J connectivity index is 1.76. The van der Waals surface area contributed by atoms with E-state index in [4.69, 9.17) is 18.6 Å². The third kappa shape index (κ3) is 5.25. The fourth-order valence-electron chi connectivity index (χ4n) is 3.14. The molecule has 0 atom stereocenters. The lowest BCUT2D eigenvalue weighted by molar-refractivity contribution is 0.0929. The van der Waals surface area contributed by atoms with Gasteiger partial charge in [-0.2, -0.15) is 5.10 Å². The van der Waals surface area contributed by atoms with E-state index in [9.17, 15) is 4.79 Å². The number of methoxy groups -OCH3 is 1. The van der Waals surface area contributed by atoms with Crippen LogP contribution in [0.2, 0.25) is 0 Å². The second-order valence-corrected chi connectivity index (χ2v) is 6.58. The molecule has 7 heteroatoms. The first-order valence-corrected chi connectivity index (χ1v) is 10.0. The quantitative estimate of drug-likeness (QED) is 0.290. The number of nitrogens with one attached hydrogen (secondary N) is 1. The Morgan fingerprint density at radius 1 is 1.16 bits per heavy atom. The average molecular weight is 422 g/mol. The van der Waals surface area contributed by atoms with Crippen molar-refractivity contribution in [2.24, 2.45) is 5.10 Å². The smallest absolute Gasteiger partial charge is 0.307 e. The molecular weight excluding hydrogens is 396 g/mol. The molecule has 0 aliphatic rings. The van der Waals surface area contributed by atoms with Gasteiger partial charge in [0.25, 0.3) is 0 Å². The molecular formula is C24H26N2O5. The van der Waals surface area contributed by atoms with Crippen LogP contribution in [0.25, 0.3) is 11.0 Å².